The first-order valence-electron chi connectivity index (χ1n) is 3.36. The maximum Gasteiger partial charge on any atom is 0.321 e. The van der Waals surface area contributed by atoms with Crippen molar-refractivity contribution in [2.75, 3.05) is 20.1 Å². The third kappa shape index (κ3) is 4.28. The summed E-state index contributed by atoms with van der Waals surface area (Å²) in [6.07, 6.45) is 0. The molecule has 0 aliphatic carbocycles. The van der Waals surface area contributed by atoms with Crippen LogP contribution >= 0.6 is 11.6 Å². The van der Waals surface area contributed by atoms with Crippen LogP contribution in [-0.4, -0.2) is 29.4 Å². The molecule has 0 aromatic heterocycles. The van der Waals surface area contributed by atoms with E-state index in [1.807, 2.05) is 0 Å². The van der Waals surface area contributed by atoms with E-state index in [1.165, 1.54) is 0 Å². The number of alkyl halides is 1. The normalized spacial score (nSPS) is 14.1. The number of hydrogen-bond donors (Lipinski definition) is 0. The van der Waals surface area contributed by atoms with Crippen molar-refractivity contribution in [1.82, 2.24) is 0 Å². The van der Waals surface area contributed by atoms with Gasteiger partial charge in [-0.1, -0.05) is 6.92 Å². The molecular weight excluding hydrogens is 168 g/mol. The van der Waals surface area contributed by atoms with Gasteiger partial charge in [0.15, 0.2) is 0 Å². The highest BCUT2D eigenvalue weighted by Crippen LogP contribution is 2.08. The van der Waals surface area contributed by atoms with Gasteiger partial charge in [-0.2, -0.15) is 0 Å². The smallest absolute Gasteiger partial charge is 0.321 e. The van der Waals surface area contributed by atoms with Gasteiger partial charge in [0.05, 0.1) is 0 Å². The highest BCUT2D eigenvalue weighted by atomic mass is 35.5. The van der Waals surface area contributed by atoms with Crippen molar-refractivity contribution >= 4 is 20.9 Å². The molecule has 0 rings (SSSR count). The second kappa shape index (κ2) is 6.16. The van der Waals surface area contributed by atoms with Gasteiger partial charge in [0, 0.05) is 20.1 Å². The fourth-order valence-corrected chi connectivity index (χ4v) is 2.42. The van der Waals surface area contributed by atoms with Gasteiger partial charge in [-0.25, -0.2) is 0 Å². The molecule has 1 unspecified atom stereocenters. The van der Waals surface area contributed by atoms with Crippen LogP contribution in [0.3, 0.4) is 0 Å². The number of hydrogen-bond acceptors (Lipinski definition) is 2. The van der Waals surface area contributed by atoms with Crippen molar-refractivity contribution in [2.45, 2.75) is 13.0 Å². The third-order valence-corrected chi connectivity index (χ3v) is 4.15. The van der Waals surface area contributed by atoms with Gasteiger partial charge in [0.2, 0.25) is 0 Å². The van der Waals surface area contributed by atoms with Gasteiger partial charge in [0.25, 0.3) is 0 Å². The minimum Gasteiger partial charge on any atom is -0.400 e. The van der Waals surface area contributed by atoms with Gasteiger partial charge in [-0.3, -0.25) is 0 Å². The Labute approximate surface area is 69.3 Å². The Bertz CT molecular complexity index is 78.1. The molecule has 2 nitrogen and oxygen atoms in total. The maximum absolute atomic E-state index is 5.62. The molecule has 0 saturated carbocycles. The van der Waals surface area contributed by atoms with Crippen LogP contribution in [0.2, 0.25) is 6.04 Å². The standard InChI is InChI=1S/C6H15ClO2Si/c1-6(4-7)5-10(8-2)9-3/h6,10H,4-5H2,1-3H3. The fourth-order valence-electron chi connectivity index (χ4n) is 0.680. The summed E-state index contributed by atoms with van der Waals surface area (Å²) in [6, 6.07) is 0.997. The molecule has 0 spiro atoms. The summed E-state index contributed by atoms with van der Waals surface area (Å²) in [6.45, 7) is 2.10. The van der Waals surface area contributed by atoms with E-state index in [1.54, 1.807) is 14.2 Å². The van der Waals surface area contributed by atoms with E-state index in [-0.39, 0.29) is 0 Å². The van der Waals surface area contributed by atoms with Gasteiger partial charge in [-0.15, -0.1) is 11.6 Å². The Kier molecular flexibility index (Phi) is 6.42. The fraction of sp³-hybridized carbons (Fsp3) is 1.00. The van der Waals surface area contributed by atoms with Crippen LogP contribution in [0.25, 0.3) is 0 Å². The highest BCUT2D eigenvalue weighted by Gasteiger charge is 2.13. The summed E-state index contributed by atoms with van der Waals surface area (Å²) >= 11 is 5.62. The molecule has 10 heavy (non-hydrogen) atoms. The number of halogens is 1. The molecule has 0 N–H and O–H groups in total. The Balaban J connectivity index is 3.41. The Morgan fingerprint density at radius 3 is 2.20 bits per heavy atom. The average molecular weight is 183 g/mol. The molecule has 4 heteroatoms. The summed E-state index contributed by atoms with van der Waals surface area (Å²) in [4.78, 5) is 0. The maximum atomic E-state index is 5.62. The Morgan fingerprint density at radius 1 is 1.40 bits per heavy atom. The molecule has 0 fully saturated rings. The lowest BCUT2D eigenvalue weighted by atomic mass is 10.3. The molecule has 0 radical (unpaired) electrons. The van der Waals surface area contributed by atoms with E-state index in [0.717, 1.165) is 6.04 Å². The predicted octanol–water partition coefficient (Wildman–Crippen LogP) is 1.37. The van der Waals surface area contributed by atoms with Crippen LogP contribution in [0.4, 0.5) is 0 Å². The predicted molar refractivity (Wildman–Crippen MR) is 45.9 cm³/mol. The molecule has 0 aromatic rings. The van der Waals surface area contributed by atoms with Crippen LogP contribution in [0, 0.1) is 5.92 Å². The van der Waals surface area contributed by atoms with Crippen molar-refractivity contribution in [3.8, 4) is 0 Å². The monoisotopic (exact) mass is 182 g/mol. The minimum atomic E-state index is -1.35. The summed E-state index contributed by atoms with van der Waals surface area (Å²) < 4.78 is 10.3. The van der Waals surface area contributed by atoms with Gasteiger partial charge in [0.1, 0.15) is 0 Å². The van der Waals surface area contributed by atoms with Crippen molar-refractivity contribution < 1.29 is 8.85 Å². The molecule has 0 aliphatic heterocycles. The van der Waals surface area contributed by atoms with E-state index in [0.29, 0.717) is 11.8 Å². The van der Waals surface area contributed by atoms with Gasteiger partial charge < -0.3 is 8.85 Å². The zero-order valence-corrected chi connectivity index (χ0v) is 8.67. The Hall–Kier alpha value is 0.427. The third-order valence-electron chi connectivity index (χ3n) is 1.38. The number of rotatable bonds is 5. The topological polar surface area (TPSA) is 18.5 Å². The van der Waals surface area contributed by atoms with Crippen molar-refractivity contribution in [3.05, 3.63) is 0 Å². The lowest BCUT2D eigenvalue weighted by Gasteiger charge is -2.13. The largest absolute Gasteiger partial charge is 0.400 e. The van der Waals surface area contributed by atoms with Crippen molar-refractivity contribution in [1.29, 1.82) is 0 Å². The van der Waals surface area contributed by atoms with Crippen LogP contribution in [0.5, 0.6) is 0 Å². The molecule has 0 aromatic carbocycles. The molecule has 0 heterocycles. The van der Waals surface area contributed by atoms with Crippen molar-refractivity contribution in [3.63, 3.8) is 0 Å². The van der Waals surface area contributed by atoms with Gasteiger partial charge in [-0.05, 0) is 12.0 Å². The molecule has 0 bridgehead atoms. The van der Waals surface area contributed by atoms with E-state index < -0.39 is 9.28 Å². The highest BCUT2D eigenvalue weighted by molar-refractivity contribution is 6.44. The lowest BCUT2D eigenvalue weighted by Crippen LogP contribution is -2.22. The SMILES string of the molecule is CO[SiH](CC(C)CCl)OC. The molecule has 0 aliphatic rings. The zero-order valence-electron chi connectivity index (χ0n) is 6.76. The second-order valence-electron chi connectivity index (χ2n) is 2.40. The quantitative estimate of drug-likeness (QED) is 0.473. The summed E-state index contributed by atoms with van der Waals surface area (Å²) in [5.74, 6) is 1.20. The molecule has 62 valence electrons. The minimum absolute atomic E-state index is 0.512. The van der Waals surface area contributed by atoms with Crippen LogP contribution < -0.4 is 0 Å². The molecular formula is C6H15ClO2Si. The average Bonchev–Trinajstić information content (AvgIpc) is 1.99. The Morgan fingerprint density at radius 2 is 1.90 bits per heavy atom. The van der Waals surface area contributed by atoms with E-state index in [9.17, 15) is 0 Å². The molecule has 0 saturated heterocycles. The first-order valence-corrected chi connectivity index (χ1v) is 5.65. The lowest BCUT2D eigenvalue weighted by molar-refractivity contribution is 0.272. The zero-order chi connectivity index (χ0) is 7.98. The van der Waals surface area contributed by atoms with E-state index in [4.69, 9.17) is 20.5 Å². The molecule has 0 amide bonds. The summed E-state index contributed by atoms with van der Waals surface area (Å²) in [7, 11) is 2.04. The van der Waals surface area contributed by atoms with Crippen LogP contribution in [-0.2, 0) is 8.85 Å². The van der Waals surface area contributed by atoms with Crippen molar-refractivity contribution in [2.24, 2.45) is 5.92 Å². The van der Waals surface area contributed by atoms with E-state index in [2.05, 4.69) is 6.92 Å². The first-order chi connectivity index (χ1) is 4.74. The van der Waals surface area contributed by atoms with Gasteiger partial charge >= 0.3 is 9.28 Å². The second-order valence-corrected chi connectivity index (χ2v) is 4.98. The summed E-state index contributed by atoms with van der Waals surface area (Å²) in [5, 5.41) is 0. The van der Waals surface area contributed by atoms with Crippen LogP contribution in [0.15, 0.2) is 0 Å². The summed E-state index contributed by atoms with van der Waals surface area (Å²) in [5.41, 5.74) is 0. The van der Waals surface area contributed by atoms with E-state index >= 15 is 0 Å². The first kappa shape index (κ1) is 10.4. The molecule has 1 atom stereocenters. The van der Waals surface area contributed by atoms with Crippen LogP contribution in [0.1, 0.15) is 6.92 Å².